The summed E-state index contributed by atoms with van der Waals surface area (Å²) < 4.78 is 26.7. The SMILES string of the molecule is CC1(C)CNc2cc(F)c(F)cc2N1CC1CC1. The van der Waals surface area contributed by atoms with Crippen LogP contribution in [0.5, 0.6) is 0 Å². The Bertz CT molecular complexity index is 481. The zero-order valence-corrected chi connectivity index (χ0v) is 10.8. The largest absolute Gasteiger partial charge is 0.381 e. The van der Waals surface area contributed by atoms with Crippen molar-refractivity contribution in [2.45, 2.75) is 32.2 Å². The molecule has 1 aliphatic carbocycles. The van der Waals surface area contributed by atoms with Crippen LogP contribution in [-0.2, 0) is 0 Å². The molecule has 0 bridgehead atoms. The minimum absolute atomic E-state index is 0.0696. The summed E-state index contributed by atoms with van der Waals surface area (Å²) in [6, 6.07) is 2.58. The number of nitrogens with one attached hydrogen (secondary N) is 1. The molecule has 0 unspecified atom stereocenters. The van der Waals surface area contributed by atoms with Gasteiger partial charge in [-0.25, -0.2) is 8.78 Å². The Morgan fingerprint density at radius 2 is 1.94 bits per heavy atom. The van der Waals surface area contributed by atoms with E-state index in [1.54, 1.807) is 0 Å². The van der Waals surface area contributed by atoms with Crippen LogP contribution in [-0.4, -0.2) is 18.6 Å². The van der Waals surface area contributed by atoms with Gasteiger partial charge < -0.3 is 10.2 Å². The van der Waals surface area contributed by atoms with Crippen molar-refractivity contribution in [1.29, 1.82) is 0 Å². The van der Waals surface area contributed by atoms with E-state index in [2.05, 4.69) is 24.1 Å². The van der Waals surface area contributed by atoms with Crippen molar-refractivity contribution in [2.75, 3.05) is 23.3 Å². The van der Waals surface area contributed by atoms with Crippen molar-refractivity contribution in [1.82, 2.24) is 0 Å². The summed E-state index contributed by atoms with van der Waals surface area (Å²) in [6.45, 7) is 5.95. The van der Waals surface area contributed by atoms with E-state index in [9.17, 15) is 8.78 Å². The summed E-state index contributed by atoms with van der Waals surface area (Å²) in [7, 11) is 0. The van der Waals surface area contributed by atoms with Gasteiger partial charge >= 0.3 is 0 Å². The highest BCUT2D eigenvalue weighted by molar-refractivity contribution is 5.74. The van der Waals surface area contributed by atoms with E-state index in [1.165, 1.54) is 25.0 Å². The first-order chi connectivity index (χ1) is 8.47. The Morgan fingerprint density at radius 3 is 2.61 bits per heavy atom. The van der Waals surface area contributed by atoms with E-state index in [1.807, 2.05) is 0 Å². The fraction of sp³-hybridized carbons (Fsp3) is 0.571. The van der Waals surface area contributed by atoms with Gasteiger partial charge in [-0.2, -0.15) is 0 Å². The molecule has 1 saturated carbocycles. The van der Waals surface area contributed by atoms with Crippen LogP contribution in [0.15, 0.2) is 12.1 Å². The third kappa shape index (κ3) is 1.93. The third-order valence-electron chi connectivity index (χ3n) is 3.91. The third-order valence-corrected chi connectivity index (χ3v) is 3.91. The first-order valence-corrected chi connectivity index (χ1v) is 6.48. The second-order valence-electron chi connectivity index (χ2n) is 6.00. The lowest BCUT2D eigenvalue weighted by atomic mass is 9.97. The molecule has 0 spiro atoms. The summed E-state index contributed by atoms with van der Waals surface area (Å²) >= 11 is 0. The normalized spacial score (nSPS) is 21.4. The van der Waals surface area contributed by atoms with Crippen molar-refractivity contribution in [3.8, 4) is 0 Å². The topological polar surface area (TPSA) is 15.3 Å². The molecule has 1 aromatic rings. The van der Waals surface area contributed by atoms with E-state index < -0.39 is 11.6 Å². The number of hydrogen-bond donors (Lipinski definition) is 1. The van der Waals surface area contributed by atoms with Gasteiger partial charge in [-0.1, -0.05) is 0 Å². The number of fused-ring (bicyclic) bond motifs is 1. The number of rotatable bonds is 2. The number of nitrogens with zero attached hydrogens (tertiary/aromatic N) is 1. The monoisotopic (exact) mass is 252 g/mol. The first kappa shape index (κ1) is 11.8. The van der Waals surface area contributed by atoms with Crippen LogP contribution in [0.2, 0.25) is 0 Å². The zero-order valence-electron chi connectivity index (χ0n) is 10.8. The van der Waals surface area contributed by atoms with Crippen LogP contribution in [0.1, 0.15) is 26.7 Å². The van der Waals surface area contributed by atoms with Gasteiger partial charge in [-0.15, -0.1) is 0 Å². The Balaban J connectivity index is 2.02. The van der Waals surface area contributed by atoms with Crippen molar-refractivity contribution in [2.24, 2.45) is 5.92 Å². The summed E-state index contributed by atoms with van der Waals surface area (Å²) in [6.07, 6.45) is 2.50. The molecule has 0 radical (unpaired) electrons. The minimum Gasteiger partial charge on any atom is -0.381 e. The van der Waals surface area contributed by atoms with Crippen LogP contribution < -0.4 is 10.2 Å². The molecular weight excluding hydrogens is 234 g/mol. The number of hydrogen-bond acceptors (Lipinski definition) is 2. The van der Waals surface area contributed by atoms with Crippen molar-refractivity contribution in [3.05, 3.63) is 23.8 Å². The standard InChI is InChI=1S/C14H18F2N2/c1-14(2)8-17-12-5-10(15)11(16)6-13(12)18(14)7-9-3-4-9/h5-6,9,17H,3-4,7-8H2,1-2H3. The lowest BCUT2D eigenvalue weighted by Crippen LogP contribution is -2.53. The van der Waals surface area contributed by atoms with Gasteiger partial charge in [-0.3, -0.25) is 0 Å². The highest BCUT2D eigenvalue weighted by atomic mass is 19.2. The number of benzene rings is 1. The van der Waals surface area contributed by atoms with Gasteiger partial charge in [0.2, 0.25) is 0 Å². The number of halogens is 2. The van der Waals surface area contributed by atoms with E-state index in [4.69, 9.17) is 0 Å². The summed E-state index contributed by atoms with van der Waals surface area (Å²) in [5.41, 5.74) is 1.42. The molecule has 98 valence electrons. The maximum Gasteiger partial charge on any atom is 0.161 e. The van der Waals surface area contributed by atoms with Crippen molar-refractivity contribution >= 4 is 11.4 Å². The van der Waals surface area contributed by atoms with E-state index in [0.29, 0.717) is 11.6 Å². The molecule has 18 heavy (non-hydrogen) atoms. The fourth-order valence-electron chi connectivity index (χ4n) is 2.54. The molecule has 0 amide bonds. The summed E-state index contributed by atoms with van der Waals surface area (Å²) in [5, 5.41) is 3.20. The molecule has 1 aromatic carbocycles. The molecule has 1 aliphatic heterocycles. The zero-order chi connectivity index (χ0) is 12.9. The second-order valence-corrected chi connectivity index (χ2v) is 6.00. The Hall–Kier alpha value is -1.32. The maximum absolute atomic E-state index is 13.5. The maximum atomic E-state index is 13.5. The molecule has 0 atom stereocenters. The van der Waals surface area contributed by atoms with Crippen LogP contribution in [0.3, 0.4) is 0 Å². The second kappa shape index (κ2) is 3.84. The Kier molecular flexibility index (Phi) is 2.50. The molecule has 1 heterocycles. The quantitative estimate of drug-likeness (QED) is 0.868. The fourth-order valence-corrected chi connectivity index (χ4v) is 2.54. The van der Waals surface area contributed by atoms with E-state index >= 15 is 0 Å². The lowest BCUT2D eigenvalue weighted by Gasteiger charge is -2.45. The molecule has 0 saturated heterocycles. The van der Waals surface area contributed by atoms with E-state index in [0.717, 1.165) is 18.8 Å². The minimum atomic E-state index is -0.785. The molecule has 2 nitrogen and oxygen atoms in total. The molecular formula is C14H18F2N2. The smallest absolute Gasteiger partial charge is 0.161 e. The van der Waals surface area contributed by atoms with Gasteiger partial charge in [0.05, 0.1) is 16.9 Å². The number of anilines is 2. The molecule has 1 fully saturated rings. The van der Waals surface area contributed by atoms with Crippen LogP contribution >= 0.6 is 0 Å². The summed E-state index contributed by atoms with van der Waals surface area (Å²) in [4.78, 5) is 2.22. The molecule has 2 aliphatic rings. The first-order valence-electron chi connectivity index (χ1n) is 6.48. The highest BCUT2D eigenvalue weighted by Gasteiger charge is 2.37. The van der Waals surface area contributed by atoms with Crippen LogP contribution in [0, 0.1) is 17.6 Å². The van der Waals surface area contributed by atoms with Crippen LogP contribution in [0.25, 0.3) is 0 Å². The average molecular weight is 252 g/mol. The van der Waals surface area contributed by atoms with Crippen LogP contribution in [0.4, 0.5) is 20.2 Å². The van der Waals surface area contributed by atoms with Gasteiger partial charge in [0.15, 0.2) is 11.6 Å². The van der Waals surface area contributed by atoms with Crippen molar-refractivity contribution < 1.29 is 8.78 Å². The lowest BCUT2D eigenvalue weighted by molar-refractivity contribution is 0.455. The molecule has 1 N–H and O–H groups in total. The van der Waals surface area contributed by atoms with Gasteiger partial charge in [0.25, 0.3) is 0 Å². The predicted octanol–water partition coefficient (Wildman–Crippen LogP) is 3.39. The highest BCUT2D eigenvalue weighted by Crippen LogP contribution is 2.41. The molecule has 0 aromatic heterocycles. The van der Waals surface area contributed by atoms with E-state index in [-0.39, 0.29) is 5.54 Å². The average Bonchev–Trinajstić information content (AvgIpc) is 3.09. The predicted molar refractivity (Wildman–Crippen MR) is 69.0 cm³/mol. The Morgan fingerprint density at radius 1 is 1.28 bits per heavy atom. The molecule has 4 heteroatoms. The summed E-state index contributed by atoms with van der Waals surface area (Å²) in [5.74, 6) is -0.843. The Labute approximate surface area is 106 Å². The van der Waals surface area contributed by atoms with Gasteiger partial charge in [0.1, 0.15) is 0 Å². The van der Waals surface area contributed by atoms with Gasteiger partial charge in [-0.05, 0) is 32.6 Å². The van der Waals surface area contributed by atoms with Crippen molar-refractivity contribution in [3.63, 3.8) is 0 Å². The van der Waals surface area contributed by atoms with Gasteiger partial charge in [0, 0.05) is 25.2 Å². The molecule has 3 rings (SSSR count).